The van der Waals surface area contributed by atoms with Gasteiger partial charge in [-0.3, -0.25) is 4.79 Å². The summed E-state index contributed by atoms with van der Waals surface area (Å²) in [6, 6.07) is 13.3. The van der Waals surface area contributed by atoms with Gasteiger partial charge < -0.3 is 4.74 Å². The number of aldehydes is 1. The molecule has 0 heterocycles. The molecule has 3 unspecified atom stereocenters. The van der Waals surface area contributed by atoms with Gasteiger partial charge in [-0.05, 0) is 67.9 Å². The van der Waals surface area contributed by atoms with Gasteiger partial charge in [0.15, 0.2) is 6.29 Å². The van der Waals surface area contributed by atoms with Gasteiger partial charge in [-0.25, -0.2) is 4.79 Å². The van der Waals surface area contributed by atoms with Gasteiger partial charge in [0.25, 0.3) is 0 Å². The zero-order valence-corrected chi connectivity index (χ0v) is 18.5. The Kier molecular flexibility index (Phi) is 7.18. The molecule has 0 aromatic heterocycles. The van der Waals surface area contributed by atoms with Gasteiger partial charge in [0, 0.05) is 15.4 Å². The van der Waals surface area contributed by atoms with Crippen molar-refractivity contribution < 1.29 is 14.3 Å². The third kappa shape index (κ3) is 5.51. The van der Waals surface area contributed by atoms with Gasteiger partial charge in [-0.1, -0.05) is 56.7 Å². The Labute approximate surface area is 178 Å². The molecule has 0 radical (unpaired) electrons. The van der Waals surface area contributed by atoms with Crippen LogP contribution in [0.5, 0.6) is 0 Å². The van der Waals surface area contributed by atoms with E-state index in [0.717, 1.165) is 28.9 Å². The van der Waals surface area contributed by atoms with Crippen LogP contribution < -0.4 is 0 Å². The number of carbonyl (C=O) groups is 2. The second-order valence-corrected chi connectivity index (χ2v) is 9.67. The maximum atomic E-state index is 12.9. The van der Waals surface area contributed by atoms with E-state index in [0.29, 0.717) is 28.9 Å². The SMILES string of the molecule is Cc1ccc(Sc2cc(C(=O)OC3CC(C)CCC3C(C)C)ccc2C=O)cc1. The van der Waals surface area contributed by atoms with Gasteiger partial charge in [-0.2, -0.15) is 0 Å². The van der Waals surface area contributed by atoms with Crippen molar-refractivity contribution in [3.05, 3.63) is 59.2 Å². The van der Waals surface area contributed by atoms with E-state index in [4.69, 9.17) is 4.74 Å². The van der Waals surface area contributed by atoms with Crippen molar-refractivity contribution in [3.63, 3.8) is 0 Å². The fourth-order valence-electron chi connectivity index (χ4n) is 4.04. The molecule has 29 heavy (non-hydrogen) atoms. The molecule has 0 N–H and O–H groups in total. The van der Waals surface area contributed by atoms with E-state index in [1.54, 1.807) is 18.2 Å². The zero-order valence-electron chi connectivity index (χ0n) is 17.7. The summed E-state index contributed by atoms with van der Waals surface area (Å²) in [5, 5.41) is 0. The van der Waals surface area contributed by atoms with Crippen LogP contribution >= 0.6 is 11.8 Å². The lowest BCUT2D eigenvalue weighted by Gasteiger charge is -2.36. The first kappa shape index (κ1) is 21.6. The van der Waals surface area contributed by atoms with E-state index in [2.05, 4.69) is 20.8 Å². The lowest BCUT2D eigenvalue weighted by molar-refractivity contribution is -0.0174. The molecular weight excluding hydrogens is 380 g/mol. The Morgan fingerprint density at radius 2 is 1.86 bits per heavy atom. The summed E-state index contributed by atoms with van der Waals surface area (Å²) in [5.41, 5.74) is 2.27. The van der Waals surface area contributed by atoms with Crippen LogP contribution in [0.15, 0.2) is 52.3 Å². The first-order valence-corrected chi connectivity index (χ1v) is 11.2. The minimum atomic E-state index is -0.294. The number of ether oxygens (including phenoxy) is 1. The van der Waals surface area contributed by atoms with Crippen molar-refractivity contribution in [2.45, 2.75) is 62.9 Å². The van der Waals surface area contributed by atoms with Crippen molar-refractivity contribution in [3.8, 4) is 0 Å². The fraction of sp³-hybridized carbons (Fsp3) is 0.440. The van der Waals surface area contributed by atoms with E-state index in [-0.39, 0.29) is 12.1 Å². The quantitative estimate of drug-likeness (QED) is 0.399. The third-order valence-corrected chi connectivity index (χ3v) is 6.93. The second kappa shape index (κ2) is 9.62. The van der Waals surface area contributed by atoms with Gasteiger partial charge >= 0.3 is 5.97 Å². The molecule has 2 aromatic rings. The van der Waals surface area contributed by atoms with Crippen LogP contribution in [0, 0.1) is 24.7 Å². The highest BCUT2D eigenvalue weighted by molar-refractivity contribution is 7.99. The molecule has 3 nitrogen and oxygen atoms in total. The number of esters is 1. The highest BCUT2D eigenvalue weighted by Crippen LogP contribution is 2.36. The molecule has 1 fully saturated rings. The maximum absolute atomic E-state index is 12.9. The van der Waals surface area contributed by atoms with Gasteiger partial charge in [0.2, 0.25) is 0 Å². The summed E-state index contributed by atoms with van der Waals surface area (Å²) >= 11 is 1.49. The average molecular weight is 411 g/mol. The number of benzene rings is 2. The smallest absolute Gasteiger partial charge is 0.338 e. The third-order valence-electron chi connectivity index (χ3n) is 5.84. The van der Waals surface area contributed by atoms with Crippen molar-refractivity contribution in [1.82, 2.24) is 0 Å². The van der Waals surface area contributed by atoms with Crippen molar-refractivity contribution >= 4 is 24.0 Å². The summed E-state index contributed by atoms with van der Waals surface area (Å²) in [7, 11) is 0. The lowest BCUT2D eigenvalue weighted by Crippen LogP contribution is -2.35. The summed E-state index contributed by atoms with van der Waals surface area (Å²) < 4.78 is 5.98. The predicted octanol–water partition coefficient (Wildman–Crippen LogP) is 6.58. The normalized spacial score (nSPS) is 21.8. The molecule has 0 amide bonds. The number of hydrogen-bond donors (Lipinski definition) is 0. The molecule has 2 aromatic carbocycles. The summed E-state index contributed by atoms with van der Waals surface area (Å²) in [4.78, 5) is 26.2. The monoisotopic (exact) mass is 410 g/mol. The highest BCUT2D eigenvalue weighted by atomic mass is 32.2. The molecule has 0 aliphatic heterocycles. The molecule has 1 aliphatic rings. The molecule has 0 spiro atoms. The number of aryl methyl sites for hydroxylation is 1. The molecule has 0 saturated heterocycles. The Balaban J connectivity index is 1.79. The number of hydrogen-bond acceptors (Lipinski definition) is 4. The van der Waals surface area contributed by atoms with Crippen LogP contribution in [0.3, 0.4) is 0 Å². The molecule has 3 atom stereocenters. The standard InChI is InChI=1S/C25H30O3S/c1-16(2)22-12-7-18(4)13-23(22)28-25(27)19-8-9-20(15-26)24(14-19)29-21-10-5-17(3)6-11-21/h5-6,8-11,14-16,18,22-23H,7,12-13H2,1-4H3. The molecule has 4 heteroatoms. The Hall–Kier alpha value is -2.07. The van der Waals surface area contributed by atoms with Gasteiger partial charge in [0.05, 0.1) is 5.56 Å². The van der Waals surface area contributed by atoms with E-state index in [9.17, 15) is 9.59 Å². The van der Waals surface area contributed by atoms with Crippen LogP contribution in [0.2, 0.25) is 0 Å². The number of rotatable bonds is 6. The Bertz CT molecular complexity index is 857. The molecule has 154 valence electrons. The van der Waals surface area contributed by atoms with Crippen LogP contribution in [0.4, 0.5) is 0 Å². The second-order valence-electron chi connectivity index (χ2n) is 8.56. The summed E-state index contributed by atoms with van der Waals surface area (Å²) in [5.74, 6) is 1.18. The zero-order chi connectivity index (χ0) is 21.0. The Morgan fingerprint density at radius 3 is 2.52 bits per heavy atom. The molecule has 1 aliphatic carbocycles. The highest BCUT2D eigenvalue weighted by Gasteiger charge is 2.33. The van der Waals surface area contributed by atoms with E-state index >= 15 is 0 Å². The van der Waals surface area contributed by atoms with Gasteiger partial charge in [0.1, 0.15) is 6.10 Å². The minimum absolute atomic E-state index is 0.0369. The first-order valence-electron chi connectivity index (χ1n) is 10.4. The molecule has 3 rings (SSSR count). The Morgan fingerprint density at radius 1 is 1.14 bits per heavy atom. The maximum Gasteiger partial charge on any atom is 0.338 e. The minimum Gasteiger partial charge on any atom is -0.458 e. The van der Waals surface area contributed by atoms with Gasteiger partial charge in [-0.15, -0.1) is 0 Å². The van der Waals surface area contributed by atoms with Crippen molar-refractivity contribution in [2.75, 3.05) is 0 Å². The van der Waals surface area contributed by atoms with Crippen LogP contribution in [-0.4, -0.2) is 18.4 Å². The van der Waals surface area contributed by atoms with Crippen LogP contribution in [0.25, 0.3) is 0 Å². The van der Waals surface area contributed by atoms with Crippen molar-refractivity contribution in [1.29, 1.82) is 0 Å². The molecule has 0 bridgehead atoms. The predicted molar refractivity (Wildman–Crippen MR) is 118 cm³/mol. The van der Waals surface area contributed by atoms with E-state index < -0.39 is 0 Å². The van der Waals surface area contributed by atoms with E-state index in [1.807, 2.05) is 31.2 Å². The van der Waals surface area contributed by atoms with Crippen molar-refractivity contribution in [2.24, 2.45) is 17.8 Å². The topological polar surface area (TPSA) is 43.4 Å². The fourth-order valence-corrected chi connectivity index (χ4v) is 4.98. The molecule has 1 saturated carbocycles. The first-order chi connectivity index (χ1) is 13.9. The lowest BCUT2D eigenvalue weighted by atomic mass is 9.75. The van der Waals surface area contributed by atoms with Crippen LogP contribution in [-0.2, 0) is 4.74 Å². The van der Waals surface area contributed by atoms with E-state index in [1.165, 1.54) is 23.7 Å². The number of carbonyl (C=O) groups excluding carboxylic acids is 2. The largest absolute Gasteiger partial charge is 0.458 e. The van der Waals surface area contributed by atoms with Crippen LogP contribution in [0.1, 0.15) is 66.3 Å². The summed E-state index contributed by atoms with van der Waals surface area (Å²) in [6.45, 7) is 8.68. The molecular formula is C25H30O3S. The average Bonchev–Trinajstić information content (AvgIpc) is 2.69. The summed E-state index contributed by atoms with van der Waals surface area (Å²) in [6.07, 6.45) is 4.03.